The first kappa shape index (κ1) is 25.6. The third-order valence-electron chi connectivity index (χ3n) is 4.62. The van der Waals surface area contributed by atoms with Gasteiger partial charge in [-0.3, -0.25) is 9.59 Å². The zero-order valence-corrected chi connectivity index (χ0v) is 21.6. The third-order valence-corrected chi connectivity index (χ3v) is 6.19. The van der Waals surface area contributed by atoms with Crippen LogP contribution in [0, 0.1) is 0 Å². The zero-order chi connectivity index (χ0) is 19.2. The Morgan fingerprint density at radius 3 is 2.21 bits per heavy atom. The molecule has 0 aromatic heterocycles. The second-order valence-corrected chi connectivity index (χ2v) is 8.36. The fourth-order valence-electron chi connectivity index (χ4n) is 3.43. The van der Waals surface area contributed by atoms with Crippen molar-refractivity contribution in [1.82, 2.24) is 10.2 Å². The summed E-state index contributed by atoms with van der Waals surface area (Å²) < 4.78 is 9.79. The fraction of sp³-hybridized carbons (Fsp3) is 0.471. The number of carboxylic acids is 1. The molecule has 0 radical (unpaired) electrons. The minimum Gasteiger partial charge on any atom is -1.00 e. The molecule has 0 bridgehead atoms. The van der Waals surface area contributed by atoms with E-state index >= 15 is 0 Å². The van der Waals surface area contributed by atoms with Gasteiger partial charge < -0.3 is 27.7 Å². The number of hydrogen-bond donors (Lipinski definition) is 2. The number of benzene rings is 1. The number of ether oxygens (including phenoxy) is 2. The maximum Gasteiger partial charge on any atom is 1.00 e. The molecule has 3 atom stereocenters. The molecule has 1 aromatic rings. The van der Waals surface area contributed by atoms with Gasteiger partial charge in [0.1, 0.15) is 34.5 Å². The fourth-order valence-corrected chi connectivity index (χ4v) is 5.06. The minimum absolute atomic E-state index is 0. The van der Waals surface area contributed by atoms with Crippen molar-refractivity contribution in [2.24, 2.45) is 0 Å². The molecule has 2 fully saturated rings. The molecule has 2 heterocycles. The Balaban J connectivity index is 0. The molecule has 1 unspecified atom stereocenters. The quantitative estimate of drug-likeness (QED) is 0.358. The predicted molar refractivity (Wildman–Crippen MR) is 96.8 cm³/mol. The van der Waals surface area contributed by atoms with E-state index in [-0.39, 0.29) is 67.5 Å². The van der Waals surface area contributed by atoms with Gasteiger partial charge in [-0.05, 0) is 26.0 Å². The van der Waals surface area contributed by atoms with Crippen molar-refractivity contribution in [1.29, 1.82) is 0 Å². The number of carbonyl (C=O) groups excluding carboxylic acids is 2. The number of nitrogens with one attached hydrogen (secondary N) is 1. The van der Waals surface area contributed by atoms with Gasteiger partial charge in [0.15, 0.2) is 0 Å². The van der Waals surface area contributed by atoms with E-state index in [1.54, 1.807) is 32.0 Å². The maximum absolute atomic E-state index is 12.8. The van der Waals surface area contributed by atoms with Gasteiger partial charge in [-0.2, -0.15) is 0 Å². The van der Waals surface area contributed by atoms with Crippen molar-refractivity contribution < 1.29 is 90.9 Å². The third kappa shape index (κ3) is 4.21. The van der Waals surface area contributed by atoms with Crippen LogP contribution in [0.15, 0.2) is 18.2 Å². The summed E-state index contributed by atoms with van der Waals surface area (Å²) in [5, 5.41) is 11.7. The molecule has 0 saturated carbocycles. The number of nitrogens with zero attached hydrogens (tertiary/aromatic N) is 1. The van der Waals surface area contributed by atoms with Crippen LogP contribution in [0.4, 0.5) is 0 Å². The van der Waals surface area contributed by atoms with E-state index in [1.165, 1.54) is 30.9 Å². The molecule has 28 heavy (non-hydrogen) atoms. The topological polar surface area (TPSA) is 105 Å². The largest absolute Gasteiger partial charge is 1.00 e. The molecule has 2 N–H and O–H groups in total. The van der Waals surface area contributed by atoms with Gasteiger partial charge >= 0.3 is 65.1 Å². The molecule has 0 spiro atoms. The summed E-state index contributed by atoms with van der Waals surface area (Å²) in [6.45, 7) is 3.56. The molecular weight excluding hydrogens is 406 g/mol. The van der Waals surface area contributed by atoms with Gasteiger partial charge in [0, 0.05) is 4.75 Å². The summed E-state index contributed by atoms with van der Waals surface area (Å²) in [7, 11) is 2.88. The Kier molecular flexibility index (Phi) is 8.78. The summed E-state index contributed by atoms with van der Waals surface area (Å²) in [5.41, 5.74) is 0.195. The van der Waals surface area contributed by atoms with Crippen LogP contribution in [0.1, 0.15) is 27.1 Å². The van der Waals surface area contributed by atoms with E-state index in [1.807, 2.05) is 0 Å². The van der Waals surface area contributed by atoms with E-state index < -0.39 is 40.0 Å². The van der Waals surface area contributed by atoms with Gasteiger partial charge in [-0.1, -0.05) is 6.07 Å². The first-order valence-corrected chi connectivity index (χ1v) is 8.85. The van der Waals surface area contributed by atoms with Crippen molar-refractivity contribution in [2.45, 2.75) is 36.1 Å². The summed E-state index contributed by atoms with van der Waals surface area (Å²) in [5.74, 6) is -1.30. The van der Waals surface area contributed by atoms with Gasteiger partial charge in [-0.25, -0.2) is 4.79 Å². The Hall–Kier alpha value is -0.420. The van der Waals surface area contributed by atoms with Crippen LogP contribution in [-0.2, 0) is 9.59 Å². The first-order chi connectivity index (χ1) is 12.2. The van der Waals surface area contributed by atoms with Crippen LogP contribution >= 0.6 is 11.8 Å². The van der Waals surface area contributed by atoms with Gasteiger partial charge in [0.25, 0.3) is 5.91 Å². The molecule has 11 heteroatoms. The average Bonchev–Trinajstić information content (AvgIpc) is 2.86. The second-order valence-electron chi connectivity index (χ2n) is 6.59. The molecule has 0 aliphatic carbocycles. The summed E-state index contributed by atoms with van der Waals surface area (Å²) in [6.07, 6.45) is 0. The second kappa shape index (κ2) is 9.59. The number of carboxylic acid groups (broad SMARTS) is 1. The van der Waals surface area contributed by atoms with Crippen molar-refractivity contribution >= 4 is 29.5 Å². The zero-order valence-electron chi connectivity index (χ0n) is 18.8. The van der Waals surface area contributed by atoms with Crippen LogP contribution in [-0.4, -0.2) is 64.2 Å². The van der Waals surface area contributed by atoms with Crippen LogP contribution in [0.2, 0.25) is 0 Å². The van der Waals surface area contributed by atoms with Crippen LogP contribution in [0.3, 0.4) is 0 Å². The molecule has 2 aliphatic rings. The molecule has 1 aromatic carbocycles. The number of aliphatic carboxylic acids is 1. The summed E-state index contributed by atoms with van der Waals surface area (Å²) in [4.78, 5) is 38.1. The average molecular weight is 428 g/mol. The SMILES string of the molecule is COc1cccc(OC)c1C(=O)NC1C(=O)N2[C@@H]1SC(C)(C)[C@@H]2C(=O)O.[H-].[H-].[Na+].[Na+]. The number of amides is 2. The number of methoxy groups -OCH3 is 2. The Bertz CT molecular complexity index is 779. The Morgan fingerprint density at radius 2 is 1.75 bits per heavy atom. The number of thioether (sulfide) groups is 1. The van der Waals surface area contributed by atoms with E-state index in [9.17, 15) is 19.5 Å². The van der Waals surface area contributed by atoms with Crippen LogP contribution < -0.4 is 73.9 Å². The minimum atomic E-state index is -1.05. The number of rotatable bonds is 5. The van der Waals surface area contributed by atoms with Gasteiger partial charge in [0.2, 0.25) is 5.91 Å². The molecule has 8 nitrogen and oxygen atoms in total. The smallest absolute Gasteiger partial charge is 1.00 e. The van der Waals surface area contributed by atoms with Crippen molar-refractivity contribution in [2.75, 3.05) is 14.2 Å². The monoisotopic (exact) mass is 428 g/mol. The molecule has 3 rings (SSSR count). The Labute approximate surface area is 214 Å². The molecular formula is C17H22N2Na2O6S. The molecule has 2 amide bonds. The van der Waals surface area contributed by atoms with Crippen molar-refractivity contribution in [3.8, 4) is 11.5 Å². The van der Waals surface area contributed by atoms with Gasteiger partial charge in [0.05, 0.1) is 14.2 Å². The van der Waals surface area contributed by atoms with Gasteiger partial charge in [-0.15, -0.1) is 11.8 Å². The van der Waals surface area contributed by atoms with E-state index in [0.717, 1.165) is 0 Å². The summed E-state index contributed by atoms with van der Waals surface area (Å²) >= 11 is 1.37. The summed E-state index contributed by atoms with van der Waals surface area (Å²) in [6, 6.07) is 3.24. The number of fused-ring (bicyclic) bond motifs is 1. The van der Waals surface area contributed by atoms with Crippen LogP contribution in [0.5, 0.6) is 11.5 Å². The molecule has 144 valence electrons. The van der Waals surface area contributed by atoms with E-state index in [4.69, 9.17) is 9.47 Å². The normalized spacial score (nSPS) is 24.1. The van der Waals surface area contributed by atoms with Crippen molar-refractivity contribution in [3.63, 3.8) is 0 Å². The number of hydrogen-bond acceptors (Lipinski definition) is 6. The predicted octanol–water partition coefficient (Wildman–Crippen LogP) is -4.82. The van der Waals surface area contributed by atoms with Crippen molar-refractivity contribution in [3.05, 3.63) is 23.8 Å². The number of carbonyl (C=O) groups is 3. The maximum atomic E-state index is 12.8. The number of β-lactam (4-membered cyclic amide) rings is 1. The molecule has 2 saturated heterocycles. The van der Waals surface area contributed by atoms with E-state index in [2.05, 4.69) is 5.32 Å². The first-order valence-electron chi connectivity index (χ1n) is 7.97. The van der Waals surface area contributed by atoms with E-state index in [0.29, 0.717) is 11.5 Å². The standard InChI is InChI=1S/C17H20N2O6S.2Na.2H/c1-17(2)12(16(22)23)19-14(21)11(15(19)26-17)18-13(20)10-8(24-3)6-5-7-9(10)25-4;;;;/h5-7,11-12,15H,1-4H3,(H,18,20)(H,22,23);;;;/q;2*+1;2*-1/t11?,12-,15+;;;;/m0..../s1. The molecule has 2 aliphatic heterocycles. The Morgan fingerprint density at radius 1 is 1.21 bits per heavy atom. The van der Waals surface area contributed by atoms with Crippen LogP contribution in [0.25, 0.3) is 0 Å².